The van der Waals surface area contributed by atoms with Crippen LogP contribution in [-0.2, 0) is 0 Å². The van der Waals surface area contributed by atoms with E-state index < -0.39 is 0 Å². The van der Waals surface area contributed by atoms with E-state index in [0.717, 1.165) is 74.3 Å². The second kappa shape index (κ2) is 15.7. The summed E-state index contributed by atoms with van der Waals surface area (Å²) in [6, 6.07) is 8.07. The lowest BCUT2D eigenvalue weighted by atomic mass is 10.0. The van der Waals surface area contributed by atoms with Gasteiger partial charge in [0.25, 0.3) is 5.91 Å². The van der Waals surface area contributed by atoms with Gasteiger partial charge in [0.2, 0.25) is 0 Å². The largest absolute Gasteiger partial charge is 0.357 e. The first-order valence-electron chi connectivity index (χ1n) is 16.2. The highest BCUT2D eigenvalue weighted by molar-refractivity contribution is 5.94. The van der Waals surface area contributed by atoms with Gasteiger partial charge in [-0.15, -0.1) is 0 Å². The summed E-state index contributed by atoms with van der Waals surface area (Å²) < 4.78 is 0. The summed E-state index contributed by atoms with van der Waals surface area (Å²) >= 11 is 0. The number of nitrogens with zero attached hydrogens (tertiary/aromatic N) is 5. The fraction of sp³-hybridized carbons (Fsp3) is 0.727. The number of aromatic nitrogens is 2. The summed E-state index contributed by atoms with van der Waals surface area (Å²) in [5, 5.41) is 3.23. The van der Waals surface area contributed by atoms with Crippen LogP contribution in [-0.4, -0.2) is 84.1 Å². The minimum atomic E-state index is -0.0667. The molecule has 0 aliphatic carbocycles. The smallest absolute Gasteiger partial charge is 0.270 e. The molecular weight excluding hydrogens is 496 g/mol. The fourth-order valence-corrected chi connectivity index (χ4v) is 5.96. The first-order valence-corrected chi connectivity index (χ1v) is 16.2. The van der Waals surface area contributed by atoms with Crippen molar-refractivity contribution in [2.45, 2.75) is 91.5 Å². The van der Waals surface area contributed by atoms with Crippen molar-refractivity contribution in [3.63, 3.8) is 0 Å². The van der Waals surface area contributed by atoms with Crippen LogP contribution in [0.1, 0.15) is 96.0 Å². The summed E-state index contributed by atoms with van der Waals surface area (Å²) in [5.41, 5.74) is 2.14. The molecule has 0 radical (unpaired) electrons. The third-order valence-electron chi connectivity index (χ3n) is 9.25. The summed E-state index contributed by atoms with van der Waals surface area (Å²) in [4.78, 5) is 29.9. The Morgan fingerprint density at radius 2 is 1.48 bits per heavy atom. The predicted molar refractivity (Wildman–Crippen MR) is 167 cm³/mol. The van der Waals surface area contributed by atoms with E-state index in [2.05, 4.69) is 58.8 Å². The average Bonchev–Trinajstić information content (AvgIpc) is 3.22. The van der Waals surface area contributed by atoms with Crippen LogP contribution in [0.2, 0.25) is 0 Å². The van der Waals surface area contributed by atoms with Gasteiger partial charge < -0.3 is 20.0 Å². The second-order valence-electron chi connectivity index (χ2n) is 12.5. The lowest BCUT2D eigenvalue weighted by Gasteiger charge is -2.33. The molecule has 40 heavy (non-hydrogen) atoms. The third kappa shape index (κ3) is 9.13. The highest BCUT2D eigenvalue weighted by Gasteiger charge is 2.24. The lowest BCUT2D eigenvalue weighted by Crippen LogP contribution is -2.46. The van der Waals surface area contributed by atoms with Gasteiger partial charge in [-0.3, -0.25) is 4.79 Å². The molecule has 2 aromatic heterocycles. The van der Waals surface area contributed by atoms with Crippen LogP contribution >= 0.6 is 0 Å². The van der Waals surface area contributed by atoms with Crippen LogP contribution < -0.4 is 10.2 Å². The van der Waals surface area contributed by atoms with Crippen LogP contribution in [0.5, 0.6) is 0 Å². The van der Waals surface area contributed by atoms with E-state index in [1.807, 2.05) is 18.2 Å². The van der Waals surface area contributed by atoms with Crippen LogP contribution in [0.4, 0.5) is 5.82 Å². The third-order valence-corrected chi connectivity index (χ3v) is 9.25. The SMILES string of the molecule is CC1CCN(CCN2CCC(NC(=O)c3ccc4nc(N5CCCCCC5)ccc4n3)CC2)C1.CCC(C)CC. The minimum Gasteiger partial charge on any atom is -0.357 e. The number of piperidine rings is 1. The molecule has 0 spiro atoms. The van der Waals surface area contributed by atoms with Gasteiger partial charge >= 0.3 is 0 Å². The minimum absolute atomic E-state index is 0.0667. The zero-order chi connectivity index (χ0) is 28.3. The maximum Gasteiger partial charge on any atom is 0.270 e. The Balaban J connectivity index is 0.000000557. The van der Waals surface area contributed by atoms with Crippen molar-refractivity contribution in [3.8, 4) is 0 Å². The molecule has 7 nitrogen and oxygen atoms in total. The molecule has 0 saturated carbocycles. The van der Waals surface area contributed by atoms with Crippen molar-refractivity contribution in [1.82, 2.24) is 25.1 Å². The summed E-state index contributed by atoms with van der Waals surface area (Å²) in [6.45, 7) is 18.2. The van der Waals surface area contributed by atoms with E-state index in [1.165, 1.54) is 64.6 Å². The second-order valence-corrected chi connectivity index (χ2v) is 12.5. The summed E-state index contributed by atoms with van der Waals surface area (Å²) in [7, 11) is 0. The highest BCUT2D eigenvalue weighted by atomic mass is 16.1. The molecule has 222 valence electrons. The highest BCUT2D eigenvalue weighted by Crippen LogP contribution is 2.21. The fourth-order valence-electron chi connectivity index (χ4n) is 5.96. The zero-order valence-electron chi connectivity index (χ0n) is 25.7. The van der Waals surface area contributed by atoms with Gasteiger partial charge in [-0.05, 0) is 74.8 Å². The first-order chi connectivity index (χ1) is 19.4. The van der Waals surface area contributed by atoms with Gasteiger partial charge in [0, 0.05) is 51.9 Å². The lowest BCUT2D eigenvalue weighted by molar-refractivity contribution is 0.0903. The number of pyridine rings is 2. The summed E-state index contributed by atoms with van der Waals surface area (Å²) in [6.07, 6.45) is 11.1. The number of carbonyl (C=O) groups is 1. The molecule has 5 rings (SSSR count). The van der Waals surface area contributed by atoms with Crippen molar-refractivity contribution >= 4 is 22.8 Å². The molecule has 1 atom stereocenters. The number of amides is 1. The molecule has 3 aliphatic rings. The normalized spacial score (nSPS) is 21.3. The standard InChI is InChI=1S/C27H40N6O.C6H14/c1-21-10-15-32(20-21)19-18-31-16-11-22(12-17-31)28-27(34)25-7-6-24-23(29-25)8-9-26(30-24)33-13-4-2-3-5-14-33;1-4-6(3)5-2/h6-9,21-22H,2-5,10-20H2,1H3,(H,28,34);6H,4-5H2,1-3H3. The molecule has 0 aromatic carbocycles. The van der Waals surface area contributed by atoms with Gasteiger partial charge in [0.1, 0.15) is 11.5 Å². The predicted octanol–water partition coefficient (Wildman–Crippen LogP) is 5.99. The monoisotopic (exact) mass is 550 g/mol. The van der Waals surface area contributed by atoms with E-state index in [9.17, 15) is 4.79 Å². The van der Waals surface area contributed by atoms with Crippen molar-refractivity contribution in [3.05, 3.63) is 30.0 Å². The van der Waals surface area contributed by atoms with Gasteiger partial charge in [-0.25, -0.2) is 9.97 Å². The van der Waals surface area contributed by atoms with E-state index in [4.69, 9.17) is 4.98 Å². The number of anilines is 1. The molecule has 1 amide bonds. The average molecular weight is 551 g/mol. The Morgan fingerprint density at radius 1 is 0.850 bits per heavy atom. The van der Waals surface area contributed by atoms with Crippen molar-refractivity contribution < 1.29 is 4.79 Å². The number of likely N-dealkylation sites (tertiary alicyclic amines) is 2. The van der Waals surface area contributed by atoms with Crippen LogP contribution in [0.25, 0.3) is 11.0 Å². The maximum absolute atomic E-state index is 12.9. The van der Waals surface area contributed by atoms with Crippen LogP contribution in [0, 0.1) is 11.8 Å². The molecule has 3 fully saturated rings. The number of rotatable bonds is 8. The topological polar surface area (TPSA) is 64.6 Å². The van der Waals surface area contributed by atoms with E-state index in [0.29, 0.717) is 5.69 Å². The molecule has 1 unspecified atom stereocenters. The van der Waals surface area contributed by atoms with Gasteiger partial charge in [-0.2, -0.15) is 0 Å². The number of hydrogen-bond acceptors (Lipinski definition) is 6. The van der Waals surface area contributed by atoms with Gasteiger partial charge in [0.15, 0.2) is 0 Å². The molecular formula is C33H54N6O. The quantitative estimate of drug-likeness (QED) is 0.436. The van der Waals surface area contributed by atoms with E-state index in [1.54, 1.807) is 0 Å². The molecule has 1 N–H and O–H groups in total. The maximum atomic E-state index is 12.9. The Hall–Kier alpha value is -2.25. The number of carbonyl (C=O) groups excluding carboxylic acids is 1. The van der Waals surface area contributed by atoms with Gasteiger partial charge in [-0.1, -0.05) is 53.4 Å². The Morgan fingerprint density at radius 3 is 2.10 bits per heavy atom. The van der Waals surface area contributed by atoms with Gasteiger partial charge in [0.05, 0.1) is 11.0 Å². The van der Waals surface area contributed by atoms with Crippen molar-refractivity contribution in [2.24, 2.45) is 11.8 Å². The van der Waals surface area contributed by atoms with Crippen LogP contribution in [0.3, 0.4) is 0 Å². The van der Waals surface area contributed by atoms with Crippen LogP contribution in [0.15, 0.2) is 24.3 Å². The molecule has 3 saturated heterocycles. The number of nitrogens with one attached hydrogen (secondary N) is 1. The Labute approximate surface area is 243 Å². The Bertz CT molecular complexity index is 1040. The van der Waals surface area contributed by atoms with E-state index in [-0.39, 0.29) is 11.9 Å². The Kier molecular flexibility index (Phi) is 12.0. The first kappa shape index (κ1) is 30.7. The van der Waals surface area contributed by atoms with Crippen molar-refractivity contribution in [1.29, 1.82) is 0 Å². The summed E-state index contributed by atoms with van der Waals surface area (Å²) in [5.74, 6) is 2.74. The molecule has 3 aliphatic heterocycles. The number of fused-ring (bicyclic) bond motifs is 1. The molecule has 7 heteroatoms. The van der Waals surface area contributed by atoms with E-state index >= 15 is 0 Å². The number of hydrogen-bond donors (Lipinski definition) is 1. The van der Waals surface area contributed by atoms with Crippen molar-refractivity contribution in [2.75, 3.05) is 57.3 Å². The zero-order valence-corrected chi connectivity index (χ0v) is 25.7. The molecule has 5 heterocycles. The molecule has 2 aromatic rings. The molecule has 0 bridgehead atoms.